The molecule has 0 aromatic heterocycles. The van der Waals surface area contributed by atoms with E-state index in [-0.39, 0.29) is 6.10 Å². The van der Waals surface area contributed by atoms with Crippen molar-refractivity contribution >= 4 is 5.96 Å². The van der Waals surface area contributed by atoms with E-state index in [9.17, 15) is 5.11 Å². The average molecular weight is 379 g/mol. The smallest absolute Gasteiger partial charge is 0.191 e. The van der Waals surface area contributed by atoms with Gasteiger partial charge in [-0.2, -0.15) is 0 Å². The van der Waals surface area contributed by atoms with Crippen LogP contribution in [0.5, 0.6) is 5.75 Å². The Kier molecular flexibility index (Phi) is 11.5. The van der Waals surface area contributed by atoms with Gasteiger partial charge in [-0.3, -0.25) is 4.99 Å². The average Bonchev–Trinajstić information content (AvgIpc) is 2.66. The first-order chi connectivity index (χ1) is 13.0. The molecule has 1 unspecified atom stereocenters. The maximum atomic E-state index is 10.4. The Labute approximate surface area is 165 Å². The second-order valence-corrected chi connectivity index (χ2v) is 6.78. The minimum absolute atomic E-state index is 0.140. The highest BCUT2D eigenvalue weighted by molar-refractivity contribution is 5.79. The molecule has 0 aliphatic rings. The zero-order valence-electron chi connectivity index (χ0n) is 17.7. The van der Waals surface area contributed by atoms with Crippen molar-refractivity contribution < 1.29 is 9.84 Å². The molecular weight excluding hydrogens is 340 g/mol. The van der Waals surface area contributed by atoms with E-state index < -0.39 is 6.10 Å². The summed E-state index contributed by atoms with van der Waals surface area (Å²) in [7, 11) is 0. The van der Waals surface area contributed by atoms with E-state index in [1.807, 2.05) is 45.0 Å². The highest BCUT2D eigenvalue weighted by Gasteiger charge is 2.08. The lowest BCUT2D eigenvalue weighted by molar-refractivity contribution is 0.186. The Balaban J connectivity index is 2.50. The second kappa shape index (κ2) is 13.4. The van der Waals surface area contributed by atoms with Crippen molar-refractivity contribution in [1.29, 1.82) is 0 Å². The lowest BCUT2D eigenvalue weighted by Gasteiger charge is -2.18. The van der Waals surface area contributed by atoms with Gasteiger partial charge in [-0.1, -0.05) is 26.0 Å². The van der Waals surface area contributed by atoms with E-state index in [2.05, 4.69) is 34.4 Å². The van der Waals surface area contributed by atoms with Crippen molar-refractivity contribution in [3.63, 3.8) is 0 Å². The molecule has 0 spiro atoms. The molecule has 0 saturated carbocycles. The number of aliphatic hydroxyl groups is 1. The maximum absolute atomic E-state index is 10.4. The summed E-state index contributed by atoms with van der Waals surface area (Å²) in [4.78, 5) is 6.92. The molecule has 154 valence electrons. The monoisotopic (exact) mass is 378 g/mol. The lowest BCUT2D eigenvalue weighted by atomic mass is 10.1. The van der Waals surface area contributed by atoms with Gasteiger partial charge in [-0.15, -0.1) is 0 Å². The lowest BCUT2D eigenvalue weighted by Crippen LogP contribution is -2.39. The van der Waals surface area contributed by atoms with Crippen LogP contribution in [0.4, 0.5) is 0 Å². The molecule has 0 radical (unpaired) electrons. The fourth-order valence-corrected chi connectivity index (χ4v) is 2.71. The molecule has 0 bridgehead atoms. The zero-order valence-corrected chi connectivity index (χ0v) is 17.7. The number of nitrogens with one attached hydrogen (secondary N) is 2. The number of benzene rings is 1. The van der Waals surface area contributed by atoms with E-state index in [1.54, 1.807) is 0 Å². The summed E-state index contributed by atoms with van der Waals surface area (Å²) in [6.07, 6.45) is 0.566. The number of guanidine groups is 1. The largest absolute Gasteiger partial charge is 0.491 e. The zero-order chi connectivity index (χ0) is 20.1. The summed E-state index contributed by atoms with van der Waals surface area (Å²) in [5.74, 6) is 1.56. The fourth-order valence-electron chi connectivity index (χ4n) is 2.71. The van der Waals surface area contributed by atoms with Gasteiger partial charge in [0.1, 0.15) is 5.75 Å². The Morgan fingerprint density at radius 2 is 1.78 bits per heavy atom. The highest BCUT2D eigenvalue weighted by atomic mass is 16.5. The van der Waals surface area contributed by atoms with Gasteiger partial charge < -0.3 is 25.4 Å². The van der Waals surface area contributed by atoms with Crippen molar-refractivity contribution in [2.75, 3.05) is 39.3 Å². The summed E-state index contributed by atoms with van der Waals surface area (Å²) in [6.45, 7) is 15.6. The SMILES string of the molecule is CCNC(=NCC(O)c1ccc(OC(C)C)cc1)NCCCN(CC)CC. The summed E-state index contributed by atoms with van der Waals surface area (Å²) >= 11 is 0. The normalized spacial score (nSPS) is 13.1. The first-order valence-electron chi connectivity index (χ1n) is 10.2. The third kappa shape index (κ3) is 9.63. The quantitative estimate of drug-likeness (QED) is 0.296. The topological polar surface area (TPSA) is 69.1 Å². The second-order valence-electron chi connectivity index (χ2n) is 6.78. The Morgan fingerprint density at radius 1 is 1.11 bits per heavy atom. The van der Waals surface area contributed by atoms with Gasteiger partial charge in [0.15, 0.2) is 5.96 Å². The van der Waals surface area contributed by atoms with Gasteiger partial charge in [0.25, 0.3) is 0 Å². The summed E-state index contributed by atoms with van der Waals surface area (Å²) in [6, 6.07) is 7.56. The van der Waals surface area contributed by atoms with Crippen LogP contribution in [0.25, 0.3) is 0 Å². The first kappa shape index (κ1) is 23.2. The minimum Gasteiger partial charge on any atom is -0.491 e. The molecule has 1 atom stereocenters. The number of aliphatic hydroxyl groups excluding tert-OH is 1. The molecule has 0 heterocycles. The Hall–Kier alpha value is -1.79. The van der Waals surface area contributed by atoms with Crippen LogP contribution in [-0.2, 0) is 0 Å². The molecule has 6 heteroatoms. The number of nitrogens with zero attached hydrogens (tertiary/aromatic N) is 2. The number of hydrogen-bond acceptors (Lipinski definition) is 4. The molecule has 1 rings (SSSR count). The molecular formula is C21H38N4O2. The molecule has 0 saturated heterocycles. The van der Waals surface area contributed by atoms with Gasteiger partial charge in [-0.05, 0) is 64.5 Å². The van der Waals surface area contributed by atoms with Crippen LogP contribution < -0.4 is 15.4 Å². The van der Waals surface area contributed by atoms with E-state index in [0.717, 1.165) is 56.4 Å². The van der Waals surface area contributed by atoms with Crippen LogP contribution in [0, 0.1) is 0 Å². The van der Waals surface area contributed by atoms with Crippen LogP contribution in [0.2, 0.25) is 0 Å². The molecule has 6 nitrogen and oxygen atoms in total. The van der Waals surface area contributed by atoms with Gasteiger partial charge in [0.2, 0.25) is 0 Å². The molecule has 0 amide bonds. The predicted octanol–water partition coefficient (Wildman–Crippen LogP) is 2.79. The number of ether oxygens (including phenoxy) is 1. The van der Waals surface area contributed by atoms with Gasteiger partial charge >= 0.3 is 0 Å². The molecule has 0 fully saturated rings. The number of hydrogen-bond donors (Lipinski definition) is 3. The molecule has 0 aliphatic heterocycles. The van der Waals surface area contributed by atoms with E-state index in [4.69, 9.17) is 4.74 Å². The van der Waals surface area contributed by atoms with Crippen LogP contribution in [0.15, 0.2) is 29.3 Å². The summed E-state index contributed by atoms with van der Waals surface area (Å²) in [5, 5.41) is 17.0. The molecule has 1 aromatic rings. The minimum atomic E-state index is -0.635. The van der Waals surface area contributed by atoms with E-state index >= 15 is 0 Å². The van der Waals surface area contributed by atoms with Crippen molar-refractivity contribution in [2.45, 2.75) is 53.2 Å². The van der Waals surface area contributed by atoms with Crippen LogP contribution in [0.1, 0.15) is 52.7 Å². The van der Waals surface area contributed by atoms with Crippen molar-refractivity contribution in [3.05, 3.63) is 29.8 Å². The van der Waals surface area contributed by atoms with Gasteiger partial charge in [0.05, 0.1) is 18.8 Å². The number of aliphatic imine (C=N–C) groups is 1. The summed E-state index contributed by atoms with van der Waals surface area (Å²) in [5.41, 5.74) is 0.840. The molecule has 1 aromatic carbocycles. The predicted molar refractivity (Wildman–Crippen MR) is 114 cm³/mol. The number of rotatable bonds is 12. The van der Waals surface area contributed by atoms with Crippen LogP contribution >= 0.6 is 0 Å². The standard InChI is InChI=1S/C21H38N4O2/c1-6-22-21(23-14-9-15-25(7-2)8-3)24-16-20(26)18-10-12-19(13-11-18)27-17(4)5/h10-13,17,20,26H,6-9,14-16H2,1-5H3,(H2,22,23,24). The van der Waals surface area contributed by atoms with E-state index in [1.165, 1.54) is 0 Å². The summed E-state index contributed by atoms with van der Waals surface area (Å²) < 4.78 is 5.63. The van der Waals surface area contributed by atoms with Crippen molar-refractivity contribution in [1.82, 2.24) is 15.5 Å². The van der Waals surface area contributed by atoms with Crippen LogP contribution in [0.3, 0.4) is 0 Å². The first-order valence-corrected chi connectivity index (χ1v) is 10.2. The molecule has 0 aliphatic carbocycles. The fraction of sp³-hybridized carbons (Fsp3) is 0.667. The van der Waals surface area contributed by atoms with Gasteiger partial charge in [0, 0.05) is 13.1 Å². The highest BCUT2D eigenvalue weighted by Crippen LogP contribution is 2.19. The Bertz CT molecular complexity index is 527. The van der Waals surface area contributed by atoms with Gasteiger partial charge in [-0.25, -0.2) is 0 Å². The molecule has 3 N–H and O–H groups in total. The third-order valence-corrected chi connectivity index (χ3v) is 4.24. The molecule has 27 heavy (non-hydrogen) atoms. The van der Waals surface area contributed by atoms with E-state index in [0.29, 0.717) is 6.54 Å². The van der Waals surface area contributed by atoms with Crippen LogP contribution in [-0.4, -0.2) is 61.3 Å². The maximum Gasteiger partial charge on any atom is 0.191 e. The Morgan fingerprint density at radius 3 is 2.33 bits per heavy atom. The van der Waals surface area contributed by atoms with Crippen molar-refractivity contribution in [2.24, 2.45) is 4.99 Å². The third-order valence-electron chi connectivity index (χ3n) is 4.24. The van der Waals surface area contributed by atoms with Crippen molar-refractivity contribution in [3.8, 4) is 5.75 Å².